The topological polar surface area (TPSA) is 86.7 Å². The number of rotatable bonds is 5. The Morgan fingerprint density at radius 3 is 2.87 bits per heavy atom. The van der Waals surface area contributed by atoms with E-state index in [4.69, 9.17) is 0 Å². The quantitative estimate of drug-likeness (QED) is 0.830. The summed E-state index contributed by atoms with van der Waals surface area (Å²) >= 11 is 0. The van der Waals surface area contributed by atoms with Gasteiger partial charge in [-0.25, -0.2) is 12.8 Å². The van der Waals surface area contributed by atoms with E-state index in [1.807, 2.05) is 0 Å². The minimum absolute atomic E-state index is 0.0944. The van der Waals surface area contributed by atoms with E-state index in [9.17, 15) is 22.7 Å². The zero-order valence-corrected chi connectivity index (χ0v) is 13.8. The molecule has 1 fully saturated rings. The Labute approximate surface area is 135 Å². The Kier molecular flexibility index (Phi) is 5.38. The molecule has 1 aliphatic heterocycles. The van der Waals surface area contributed by atoms with Crippen molar-refractivity contribution in [1.82, 2.24) is 9.62 Å². The number of nitrogens with zero attached hydrogens (tertiary/aromatic N) is 1. The number of amides is 1. The predicted molar refractivity (Wildman–Crippen MR) is 82.6 cm³/mol. The standard InChI is InChI=1S/C15H21FN2O4S/c1-17-14(19)6-8-15(20)7-3-9-18(11-15)23(21,22)13-5-2-4-12(16)10-13/h2,4-5,10,20H,3,6-9,11H2,1H3,(H,17,19)/t15-/m1/s1. The summed E-state index contributed by atoms with van der Waals surface area (Å²) in [5.74, 6) is -0.832. The molecule has 1 aromatic rings. The van der Waals surface area contributed by atoms with Crippen LogP contribution >= 0.6 is 0 Å². The molecule has 0 aromatic heterocycles. The Hall–Kier alpha value is -1.51. The van der Waals surface area contributed by atoms with E-state index in [2.05, 4.69) is 5.32 Å². The first kappa shape index (κ1) is 17.8. The molecule has 1 atom stereocenters. The van der Waals surface area contributed by atoms with Crippen molar-refractivity contribution < 1.29 is 22.7 Å². The summed E-state index contributed by atoms with van der Waals surface area (Å²) in [5.41, 5.74) is -1.24. The van der Waals surface area contributed by atoms with E-state index in [1.54, 1.807) is 0 Å². The fourth-order valence-corrected chi connectivity index (χ4v) is 4.32. The van der Waals surface area contributed by atoms with Gasteiger partial charge in [0, 0.05) is 26.6 Å². The summed E-state index contributed by atoms with van der Waals surface area (Å²) in [6.45, 7) is 0.171. The first-order chi connectivity index (χ1) is 10.8. The number of benzene rings is 1. The van der Waals surface area contributed by atoms with Crippen LogP contribution in [0.3, 0.4) is 0 Å². The fourth-order valence-electron chi connectivity index (χ4n) is 2.73. The molecule has 1 amide bonds. The van der Waals surface area contributed by atoms with Crippen LogP contribution in [0.5, 0.6) is 0 Å². The highest BCUT2D eigenvalue weighted by Crippen LogP contribution is 2.29. The van der Waals surface area contributed by atoms with Crippen LogP contribution in [0.15, 0.2) is 29.2 Å². The van der Waals surface area contributed by atoms with E-state index in [0.29, 0.717) is 12.8 Å². The van der Waals surface area contributed by atoms with Gasteiger partial charge in [-0.2, -0.15) is 4.31 Å². The summed E-state index contributed by atoms with van der Waals surface area (Å²) in [7, 11) is -2.36. The first-order valence-electron chi connectivity index (χ1n) is 7.45. The molecule has 1 aliphatic rings. The van der Waals surface area contributed by atoms with Gasteiger partial charge in [0.25, 0.3) is 0 Å². The third kappa shape index (κ3) is 4.27. The molecular weight excluding hydrogens is 323 g/mol. The zero-order valence-electron chi connectivity index (χ0n) is 13.0. The zero-order chi connectivity index (χ0) is 17.1. The van der Waals surface area contributed by atoms with Gasteiger partial charge in [-0.3, -0.25) is 4.79 Å². The molecule has 0 bridgehead atoms. The van der Waals surface area contributed by atoms with Crippen LogP contribution in [0.2, 0.25) is 0 Å². The normalized spacial score (nSPS) is 22.7. The highest BCUT2D eigenvalue weighted by Gasteiger charge is 2.38. The largest absolute Gasteiger partial charge is 0.388 e. The Morgan fingerprint density at radius 2 is 2.22 bits per heavy atom. The molecule has 128 valence electrons. The van der Waals surface area contributed by atoms with E-state index < -0.39 is 21.4 Å². The smallest absolute Gasteiger partial charge is 0.243 e. The number of hydrogen-bond donors (Lipinski definition) is 2. The number of piperidine rings is 1. The molecule has 6 nitrogen and oxygen atoms in total. The number of sulfonamides is 1. The molecule has 2 rings (SSSR count). The molecule has 2 N–H and O–H groups in total. The van der Waals surface area contributed by atoms with E-state index in [0.717, 1.165) is 10.4 Å². The van der Waals surface area contributed by atoms with Crippen LogP contribution < -0.4 is 5.32 Å². The highest BCUT2D eigenvalue weighted by atomic mass is 32.2. The lowest BCUT2D eigenvalue weighted by atomic mass is 9.89. The molecule has 0 unspecified atom stereocenters. The second kappa shape index (κ2) is 6.94. The van der Waals surface area contributed by atoms with Crippen LogP contribution in [0.4, 0.5) is 4.39 Å². The molecule has 0 spiro atoms. The van der Waals surface area contributed by atoms with Crippen molar-refractivity contribution in [3.05, 3.63) is 30.1 Å². The summed E-state index contributed by atoms with van der Waals surface area (Å²) in [5, 5.41) is 13.1. The second-order valence-corrected chi connectivity index (χ2v) is 7.73. The van der Waals surface area contributed by atoms with Crippen LogP contribution in [0.1, 0.15) is 25.7 Å². The molecule has 1 heterocycles. The maximum absolute atomic E-state index is 13.3. The van der Waals surface area contributed by atoms with Gasteiger partial charge in [-0.05, 0) is 37.5 Å². The van der Waals surface area contributed by atoms with Crippen molar-refractivity contribution in [3.63, 3.8) is 0 Å². The van der Waals surface area contributed by atoms with Gasteiger partial charge in [-0.15, -0.1) is 0 Å². The van der Waals surface area contributed by atoms with Crippen molar-refractivity contribution in [2.75, 3.05) is 20.1 Å². The fraction of sp³-hybridized carbons (Fsp3) is 0.533. The molecular formula is C15H21FN2O4S. The number of halogens is 1. The van der Waals surface area contributed by atoms with Crippen molar-refractivity contribution in [2.45, 2.75) is 36.2 Å². The number of carbonyl (C=O) groups excluding carboxylic acids is 1. The lowest BCUT2D eigenvalue weighted by molar-refractivity contribution is -0.122. The Balaban J connectivity index is 2.15. The molecule has 23 heavy (non-hydrogen) atoms. The molecule has 0 saturated carbocycles. The van der Waals surface area contributed by atoms with Crippen molar-refractivity contribution in [1.29, 1.82) is 0 Å². The number of hydrogen-bond acceptors (Lipinski definition) is 4. The van der Waals surface area contributed by atoms with E-state index >= 15 is 0 Å². The monoisotopic (exact) mass is 344 g/mol. The van der Waals surface area contributed by atoms with Gasteiger partial charge in [0.15, 0.2) is 0 Å². The van der Waals surface area contributed by atoms with Gasteiger partial charge < -0.3 is 10.4 Å². The average Bonchev–Trinajstić information content (AvgIpc) is 2.52. The molecule has 0 aliphatic carbocycles. The molecule has 1 saturated heterocycles. The molecule has 1 aromatic carbocycles. The van der Waals surface area contributed by atoms with E-state index in [-0.39, 0.29) is 36.7 Å². The summed E-state index contributed by atoms with van der Waals surface area (Å²) in [6, 6.07) is 4.81. The van der Waals surface area contributed by atoms with Crippen molar-refractivity contribution in [3.8, 4) is 0 Å². The van der Waals surface area contributed by atoms with Gasteiger partial charge in [-0.1, -0.05) is 6.07 Å². The van der Waals surface area contributed by atoms with Gasteiger partial charge in [0.1, 0.15) is 5.82 Å². The SMILES string of the molecule is CNC(=O)CC[C@]1(O)CCCN(S(=O)(=O)c2cccc(F)c2)C1. The predicted octanol–water partition coefficient (Wildman–Crippen LogP) is 0.867. The van der Waals surface area contributed by atoms with Gasteiger partial charge in [0.2, 0.25) is 15.9 Å². The Morgan fingerprint density at radius 1 is 1.48 bits per heavy atom. The number of aliphatic hydroxyl groups is 1. The number of nitrogens with one attached hydrogen (secondary N) is 1. The number of carbonyl (C=O) groups is 1. The maximum Gasteiger partial charge on any atom is 0.243 e. The van der Waals surface area contributed by atoms with Crippen LogP contribution in [-0.2, 0) is 14.8 Å². The minimum atomic E-state index is -3.87. The average molecular weight is 344 g/mol. The lowest BCUT2D eigenvalue weighted by Gasteiger charge is -2.38. The third-order valence-corrected chi connectivity index (χ3v) is 5.89. The van der Waals surface area contributed by atoms with Crippen LogP contribution in [0, 0.1) is 5.82 Å². The third-order valence-electron chi connectivity index (χ3n) is 4.05. The van der Waals surface area contributed by atoms with Crippen LogP contribution in [0.25, 0.3) is 0 Å². The highest BCUT2D eigenvalue weighted by molar-refractivity contribution is 7.89. The molecule has 0 radical (unpaired) electrons. The number of β-amino-alcohol motifs (C(OH)–C–C–N with tert-alkyl or cyclic N) is 1. The lowest BCUT2D eigenvalue weighted by Crippen LogP contribution is -2.50. The summed E-state index contributed by atoms with van der Waals surface area (Å²) in [4.78, 5) is 11.2. The van der Waals surface area contributed by atoms with Crippen molar-refractivity contribution in [2.24, 2.45) is 0 Å². The summed E-state index contributed by atoms with van der Waals surface area (Å²) in [6.07, 6.45) is 1.22. The maximum atomic E-state index is 13.3. The second-order valence-electron chi connectivity index (χ2n) is 5.80. The summed E-state index contributed by atoms with van der Waals surface area (Å²) < 4.78 is 39.6. The van der Waals surface area contributed by atoms with Gasteiger partial charge in [0.05, 0.1) is 10.5 Å². The minimum Gasteiger partial charge on any atom is -0.388 e. The van der Waals surface area contributed by atoms with Crippen LogP contribution in [-0.4, -0.2) is 49.5 Å². The molecule has 8 heteroatoms. The Bertz CT molecular complexity index is 680. The van der Waals surface area contributed by atoms with Gasteiger partial charge >= 0.3 is 0 Å². The van der Waals surface area contributed by atoms with E-state index in [1.165, 1.54) is 25.2 Å². The van der Waals surface area contributed by atoms with Crippen molar-refractivity contribution >= 4 is 15.9 Å². The first-order valence-corrected chi connectivity index (χ1v) is 8.89.